The molecule has 1 heterocycles. The lowest BCUT2D eigenvalue weighted by molar-refractivity contribution is 0.305. The maximum atomic E-state index is 12.4. The number of piperidine rings is 1. The zero-order valence-corrected chi connectivity index (χ0v) is 14.9. The van der Waals surface area contributed by atoms with E-state index in [1.165, 1.54) is 22.5 Å². The summed E-state index contributed by atoms with van der Waals surface area (Å²) in [5, 5.41) is 0.318. The summed E-state index contributed by atoms with van der Waals surface area (Å²) in [6.07, 6.45) is 2.25. The van der Waals surface area contributed by atoms with Crippen molar-refractivity contribution in [3.63, 3.8) is 0 Å². The second-order valence-corrected chi connectivity index (χ2v) is 9.66. The molecule has 0 amide bonds. The fourth-order valence-corrected chi connectivity index (χ4v) is 5.24. The predicted molar refractivity (Wildman–Crippen MR) is 86.2 cm³/mol. The van der Waals surface area contributed by atoms with Crippen molar-refractivity contribution in [2.75, 3.05) is 19.3 Å². The Labute approximate surface area is 140 Å². The Morgan fingerprint density at radius 1 is 1.23 bits per heavy atom. The Morgan fingerprint density at radius 2 is 1.91 bits per heavy atom. The van der Waals surface area contributed by atoms with Crippen LogP contribution in [0.25, 0.3) is 0 Å². The smallest absolute Gasteiger partial charge is 0.213 e. The van der Waals surface area contributed by atoms with Crippen molar-refractivity contribution in [3.05, 3.63) is 28.2 Å². The number of halogens is 2. The van der Waals surface area contributed by atoms with Gasteiger partial charge in [-0.25, -0.2) is 25.9 Å². The summed E-state index contributed by atoms with van der Waals surface area (Å²) in [5.41, 5.74) is 0. The molecule has 1 unspecified atom stereocenters. The molecule has 1 N–H and O–H groups in total. The van der Waals surface area contributed by atoms with Crippen LogP contribution in [-0.4, -0.2) is 46.5 Å². The second kappa shape index (κ2) is 6.62. The van der Waals surface area contributed by atoms with Gasteiger partial charge in [0, 0.05) is 24.2 Å². The summed E-state index contributed by atoms with van der Waals surface area (Å²) >= 11 is 11.7. The van der Waals surface area contributed by atoms with Crippen LogP contribution in [0.3, 0.4) is 0 Å². The van der Waals surface area contributed by atoms with Gasteiger partial charge in [-0.3, -0.25) is 0 Å². The minimum atomic E-state index is -3.87. The molecule has 1 aromatic carbocycles. The summed E-state index contributed by atoms with van der Waals surface area (Å²) < 4.78 is 51.7. The van der Waals surface area contributed by atoms with Crippen LogP contribution in [0.2, 0.25) is 10.0 Å². The number of nitrogens with one attached hydrogen (secondary N) is 1. The fraction of sp³-hybridized carbons (Fsp3) is 0.500. The van der Waals surface area contributed by atoms with Crippen molar-refractivity contribution in [2.24, 2.45) is 0 Å². The van der Waals surface area contributed by atoms with E-state index in [-0.39, 0.29) is 21.5 Å². The van der Waals surface area contributed by atoms with Gasteiger partial charge in [0.2, 0.25) is 20.0 Å². The third-order valence-corrected chi connectivity index (χ3v) is 6.86. The van der Waals surface area contributed by atoms with E-state index in [0.29, 0.717) is 19.4 Å². The van der Waals surface area contributed by atoms with Crippen LogP contribution < -0.4 is 4.72 Å². The van der Waals surface area contributed by atoms with Crippen LogP contribution >= 0.6 is 23.2 Å². The van der Waals surface area contributed by atoms with Gasteiger partial charge in [-0.2, -0.15) is 0 Å². The quantitative estimate of drug-likeness (QED) is 0.853. The van der Waals surface area contributed by atoms with Crippen molar-refractivity contribution in [1.82, 2.24) is 9.03 Å². The number of nitrogens with zero attached hydrogens (tertiary/aromatic N) is 1. The van der Waals surface area contributed by atoms with Crippen LogP contribution in [0.1, 0.15) is 12.8 Å². The summed E-state index contributed by atoms with van der Waals surface area (Å²) in [4.78, 5) is -0.113. The van der Waals surface area contributed by atoms with Gasteiger partial charge >= 0.3 is 0 Å². The van der Waals surface area contributed by atoms with Crippen LogP contribution in [0.5, 0.6) is 0 Å². The predicted octanol–water partition coefficient (Wildman–Crippen LogP) is 1.70. The molecular formula is C12H16Cl2N2O4S2. The van der Waals surface area contributed by atoms with E-state index in [9.17, 15) is 16.8 Å². The maximum Gasteiger partial charge on any atom is 0.242 e. The SMILES string of the molecule is CS(=O)(=O)N1CCCC(NS(=O)(=O)c2cc(Cl)ccc2Cl)C1. The van der Waals surface area contributed by atoms with Gasteiger partial charge in [0.1, 0.15) is 4.90 Å². The third kappa shape index (κ3) is 4.33. The van der Waals surface area contributed by atoms with Gasteiger partial charge in [0.15, 0.2) is 0 Å². The summed E-state index contributed by atoms with van der Waals surface area (Å²) in [7, 11) is -7.21. The first kappa shape index (κ1) is 18.0. The average Bonchev–Trinajstić information content (AvgIpc) is 2.40. The molecule has 1 fully saturated rings. The molecule has 0 saturated carbocycles. The molecule has 2 rings (SSSR count). The van der Waals surface area contributed by atoms with Crippen molar-refractivity contribution in [2.45, 2.75) is 23.8 Å². The van der Waals surface area contributed by atoms with E-state index in [0.717, 1.165) is 6.26 Å². The number of hydrogen-bond acceptors (Lipinski definition) is 4. The van der Waals surface area contributed by atoms with Gasteiger partial charge in [-0.15, -0.1) is 0 Å². The van der Waals surface area contributed by atoms with Crippen LogP contribution in [0.4, 0.5) is 0 Å². The van der Waals surface area contributed by atoms with Gasteiger partial charge in [-0.1, -0.05) is 23.2 Å². The van der Waals surface area contributed by atoms with Crippen LogP contribution in [0, 0.1) is 0 Å². The van der Waals surface area contributed by atoms with Crippen molar-refractivity contribution in [1.29, 1.82) is 0 Å². The highest BCUT2D eigenvalue weighted by Crippen LogP contribution is 2.25. The normalized spacial score (nSPS) is 21.0. The lowest BCUT2D eigenvalue weighted by Crippen LogP contribution is -2.49. The molecule has 22 heavy (non-hydrogen) atoms. The van der Waals surface area contributed by atoms with Gasteiger partial charge in [-0.05, 0) is 31.0 Å². The average molecular weight is 387 g/mol. The van der Waals surface area contributed by atoms with E-state index in [4.69, 9.17) is 23.2 Å². The minimum Gasteiger partial charge on any atom is -0.213 e. The van der Waals surface area contributed by atoms with Crippen molar-refractivity contribution in [3.8, 4) is 0 Å². The molecule has 0 bridgehead atoms. The number of benzene rings is 1. The summed E-state index contributed by atoms with van der Waals surface area (Å²) in [6.45, 7) is 0.505. The van der Waals surface area contributed by atoms with Crippen LogP contribution in [-0.2, 0) is 20.0 Å². The zero-order valence-electron chi connectivity index (χ0n) is 11.8. The maximum absolute atomic E-state index is 12.4. The number of rotatable bonds is 4. The first-order valence-electron chi connectivity index (χ1n) is 6.52. The molecule has 0 aromatic heterocycles. The van der Waals surface area contributed by atoms with Crippen molar-refractivity contribution < 1.29 is 16.8 Å². The topological polar surface area (TPSA) is 83.6 Å². The zero-order chi connectivity index (χ0) is 16.5. The highest BCUT2D eigenvalue weighted by Gasteiger charge is 2.30. The van der Waals surface area contributed by atoms with E-state index >= 15 is 0 Å². The Kier molecular flexibility index (Phi) is 5.41. The van der Waals surface area contributed by atoms with E-state index in [2.05, 4.69) is 4.72 Å². The Morgan fingerprint density at radius 3 is 2.55 bits per heavy atom. The molecule has 0 aliphatic carbocycles. The number of hydrogen-bond donors (Lipinski definition) is 1. The monoisotopic (exact) mass is 386 g/mol. The Hall–Kier alpha value is -0.380. The molecule has 0 spiro atoms. The highest BCUT2D eigenvalue weighted by atomic mass is 35.5. The lowest BCUT2D eigenvalue weighted by atomic mass is 10.1. The minimum absolute atomic E-state index is 0.0627. The molecule has 6 nitrogen and oxygen atoms in total. The molecular weight excluding hydrogens is 371 g/mol. The first-order chi connectivity index (χ1) is 10.1. The molecule has 124 valence electrons. The van der Waals surface area contributed by atoms with Gasteiger partial charge < -0.3 is 0 Å². The third-order valence-electron chi connectivity index (χ3n) is 3.36. The fourth-order valence-electron chi connectivity index (χ4n) is 2.31. The molecule has 1 atom stereocenters. The Balaban J connectivity index is 2.20. The lowest BCUT2D eigenvalue weighted by Gasteiger charge is -2.31. The van der Waals surface area contributed by atoms with Gasteiger partial charge in [0.05, 0.1) is 11.3 Å². The molecule has 1 saturated heterocycles. The first-order valence-corrected chi connectivity index (χ1v) is 10.6. The Bertz CT molecular complexity index is 765. The van der Waals surface area contributed by atoms with Crippen molar-refractivity contribution >= 4 is 43.2 Å². The standard InChI is InChI=1S/C12H16Cl2N2O4S2/c1-21(17,18)16-6-2-3-10(8-16)15-22(19,20)12-7-9(13)4-5-11(12)14/h4-5,7,10,15H,2-3,6,8H2,1H3. The molecule has 10 heteroatoms. The molecule has 1 aliphatic heterocycles. The van der Waals surface area contributed by atoms with E-state index in [1.807, 2.05) is 0 Å². The molecule has 0 radical (unpaired) electrons. The van der Waals surface area contributed by atoms with Gasteiger partial charge in [0.25, 0.3) is 0 Å². The highest BCUT2D eigenvalue weighted by molar-refractivity contribution is 7.89. The molecule has 1 aromatic rings. The summed E-state index contributed by atoms with van der Waals surface area (Å²) in [6, 6.07) is 3.67. The largest absolute Gasteiger partial charge is 0.242 e. The van der Waals surface area contributed by atoms with E-state index in [1.54, 1.807) is 0 Å². The van der Waals surface area contributed by atoms with Crippen LogP contribution in [0.15, 0.2) is 23.1 Å². The second-order valence-electron chi connectivity index (χ2n) is 5.16. The summed E-state index contributed by atoms with van der Waals surface area (Å²) in [5.74, 6) is 0. The molecule has 1 aliphatic rings. The van der Waals surface area contributed by atoms with E-state index < -0.39 is 26.1 Å². The number of sulfonamides is 2.